The standard InChI is InChI=1S/C23H18FN5O3S/c1-28-20-19(22(31)29(23(28)32)13-16-4-2-14(10-25)3-5-16)33-18(12-26-20)21(30)27-11-15-6-8-17(24)9-7-15/h2-9,12,26H,11,13H2,1H3,(H,27,30). The van der Waals surface area contributed by atoms with E-state index < -0.39 is 17.2 Å². The van der Waals surface area contributed by atoms with E-state index in [2.05, 4.69) is 10.6 Å². The predicted molar refractivity (Wildman–Crippen MR) is 122 cm³/mol. The number of fused-ring (bicyclic) bond motifs is 1. The maximum Gasteiger partial charge on any atom is 0.332 e. The van der Waals surface area contributed by atoms with Crippen LogP contribution in [0.15, 0.2) is 74.1 Å². The van der Waals surface area contributed by atoms with Crippen molar-refractivity contribution in [3.05, 3.63) is 103 Å². The van der Waals surface area contributed by atoms with Gasteiger partial charge in [-0.25, -0.2) is 9.18 Å². The fraction of sp³-hybridized carbons (Fsp3) is 0.130. The molecule has 0 radical (unpaired) electrons. The normalized spacial score (nSPS) is 12.2. The van der Waals surface area contributed by atoms with Crippen LogP contribution in [0.5, 0.6) is 0 Å². The minimum absolute atomic E-state index is 0.0286. The summed E-state index contributed by atoms with van der Waals surface area (Å²) >= 11 is 0.973. The number of rotatable bonds is 5. The molecular weight excluding hydrogens is 445 g/mol. The molecule has 0 fully saturated rings. The Balaban J connectivity index is 1.56. The third-order valence-corrected chi connectivity index (χ3v) is 6.17. The second kappa shape index (κ2) is 9.18. The fourth-order valence-electron chi connectivity index (χ4n) is 3.26. The van der Waals surface area contributed by atoms with Gasteiger partial charge in [-0.2, -0.15) is 5.26 Å². The lowest BCUT2D eigenvalue weighted by atomic mass is 10.1. The number of hydrogen-bond acceptors (Lipinski definition) is 6. The second-order valence-corrected chi connectivity index (χ2v) is 8.34. The number of hydrogen-bond donors (Lipinski definition) is 2. The number of nitriles is 1. The molecule has 10 heteroatoms. The van der Waals surface area contributed by atoms with Crippen LogP contribution in [-0.2, 0) is 24.9 Å². The molecule has 0 atom stereocenters. The number of carbonyl (C=O) groups is 1. The van der Waals surface area contributed by atoms with Crippen LogP contribution in [0.3, 0.4) is 0 Å². The van der Waals surface area contributed by atoms with Crippen LogP contribution < -0.4 is 21.9 Å². The Morgan fingerprint density at radius 1 is 1.12 bits per heavy atom. The lowest BCUT2D eigenvalue weighted by Gasteiger charge is -2.21. The van der Waals surface area contributed by atoms with Crippen molar-refractivity contribution in [1.29, 1.82) is 5.26 Å². The number of amides is 1. The molecule has 0 saturated carbocycles. The zero-order valence-electron chi connectivity index (χ0n) is 17.5. The highest BCUT2D eigenvalue weighted by atomic mass is 32.2. The molecule has 3 aromatic rings. The van der Waals surface area contributed by atoms with Crippen LogP contribution >= 0.6 is 11.8 Å². The monoisotopic (exact) mass is 463 g/mol. The number of nitrogens with zero attached hydrogens (tertiary/aromatic N) is 3. The molecule has 8 nitrogen and oxygen atoms in total. The van der Waals surface area contributed by atoms with E-state index in [9.17, 15) is 18.8 Å². The van der Waals surface area contributed by atoms with E-state index in [4.69, 9.17) is 5.26 Å². The number of anilines is 1. The molecule has 1 amide bonds. The van der Waals surface area contributed by atoms with Gasteiger partial charge in [0.05, 0.1) is 23.1 Å². The molecule has 4 rings (SSSR count). The highest BCUT2D eigenvalue weighted by Gasteiger charge is 2.25. The van der Waals surface area contributed by atoms with Gasteiger partial charge in [0.25, 0.3) is 11.5 Å². The van der Waals surface area contributed by atoms with Crippen molar-refractivity contribution < 1.29 is 9.18 Å². The number of benzene rings is 2. The summed E-state index contributed by atoms with van der Waals surface area (Å²) in [6, 6.07) is 14.4. The number of thioether (sulfide) groups is 1. The predicted octanol–water partition coefficient (Wildman–Crippen LogP) is 2.28. The first-order chi connectivity index (χ1) is 15.9. The highest BCUT2D eigenvalue weighted by molar-refractivity contribution is 8.04. The van der Waals surface area contributed by atoms with Gasteiger partial charge in [0.1, 0.15) is 16.5 Å². The maximum absolute atomic E-state index is 13.1. The summed E-state index contributed by atoms with van der Waals surface area (Å²) in [4.78, 5) is 39.0. The third kappa shape index (κ3) is 4.58. The molecule has 1 aromatic heterocycles. The van der Waals surface area contributed by atoms with E-state index in [1.54, 1.807) is 36.4 Å². The van der Waals surface area contributed by atoms with Crippen molar-refractivity contribution in [3.8, 4) is 6.07 Å². The van der Waals surface area contributed by atoms with Crippen LogP contribution in [0.2, 0.25) is 0 Å². The number of aromatic nitrogens is 2. The Morgan fingerprint density at radius 2 is 1.79 bits per heavy atom. The van der Waals surface area contributed by atoms with Gasteiger partial charge in [-0.05, 0) is 35.4 Å². The van der Waals surface area contributed by atoms with Crippen molar-refractivity contribution in [1.82, 2.24) is 14.5 Å². The van der Waals surface area contributed by atoms with Crippen molar-refractivity contribution in [2.75, 3.05) is 5.32 Å². The Hall–Kier alpha value is -4.10. The van der Waals surface area contributed by atoms with E-state index in [1.807, 2.05) is 6.07 Å². The van der Waals surface area contributed by atoms with Crippen LogP contribution in [-0.4, -0.2) is 15.0 Å². The minimum Gasteiger partial charge on any atom is -0.347 e. The first-order valence-corrected chi connectivity index (χ1v) is 10.7. The molecule has 166 valence electrons. The molecule has 2 N–H and O–H groups in total. The van der Waals surface area contributed by atoms with E-state index in [1.165, 1.54) is 29.9 Å². The zero-order chi connectivity index (χ0) is 23.5. The van der Waals surface area contributed by atoms with Gasteiger partial charge >= 0.3 is 5.69 Å². The van der Waals surface area contributed by atoms with Gasteiger partial charge in [0.15, 0.2) is 0 Å². The highest BCUT2D eigenvalue weighted by Crippen LogP contribution is 2.33. The molecule has 0 unspecified atom stereocenters. The zero-order valence-corrected chi connectivity index (χ0v) is 18.3. The average Bonchev–Trinajstić information content (AvgIpc) is 2.84. The summed E-state index contributed by atoms with van der Waals surface area (Å²) in [5, 5.41) is 14.5. The molecular formula is C23H18FN5O3S. The maximum atomic E-state index is 13.1. The number of nitrogens with one attached hydrogen (secondary N) is 2. The first-order valence-electron chi connectivity index (χ1n) is 9.87. The van der Waals surface area contributed by atoms with Crippen molar-refractivity contribution in [3.63, 3.8) is 0 Å². The van der Waals surface area contributed by atoms with Crippen molar-refractivity contribution in [2.45, 2.75) is 18.0 Å². The van der Waals surface area contributed by atoms with E-state index in [-0.39, 0.29) is 28.7 Å². The summed E-state index contributed by atoms with van der Waals surface area (Å²) in [6.45, 7) is 0.223. The van der Waals surface area contributed by atoms with Gasteiger partial charge in [0, 0.05) is 19.8 Å². The molecule has 2 aromatic carbocycles. The lowest BCUT2D eigenvalue weighted by Crippen LogP contribution is -2.41. The smallest absolute Gasteiger partial charge is 0.332 e. The topological polar surface area (TPSA) is 109 Å². The Kier molecular flexibility index (Phi) is 6.15. The summed E-state index contributed by atoms with van der Waals surface area (Å²) in [6.07, 6.45) is 1.44. The van der Waals surface area contributed by atoms with Gasteiger partial charge in [-0.15, -0.1) is 0 Å². The van der Waals surface area contributed by atoms with Gasteiger partial charge in [-0.1, -0.05) is 36.0 Å². The third-order valence-electron chi connectivity index (χ3n) is 5.07. The molecule has 0 aliphatic carbocycles. The molecule has 0 spiro atoms. The Bertz CT molecular complexity index is 1420. The Morgan fingerprint density at radius 3 is 2.45 bits per heavy atom. The first kappa shape index (κ1) is 22.1. The molecule has 33 heavy (non-hydrogen) atoms. The van der Waals surface area contributed by atoms with E-state index in [0.29, 0.717) is 16.9 Å². The van der Waals surface area contributed by atoms with Crippen LogP contribution in [0.1, 0.15) is 16.7 Å². The Labute approximate surface area is 192 Å². The minimum atomic E-state index is -0.521. The SMILES string of the molecule is Cn1c2c(c(=O)n(Cc3ccc(C#N)cc3)c1=O)SC(C(=O)NCc1ccc(F)cc1)=CN2. The molecule has 1 aliphatic rings. The fourth-order valence-corrected chi connectivity index (χ4v) is 4.25. The molecule has 2 heterocycles. The summed E-state index contributed by atoms with van der Waals surface area (Å²) < 4.78 is 15.5. The lowest BCUT2D eigenvalue weighted by molar-refractivity contribution is -0.116. The van der Waals surface area contributed by atoms with Crippen LogP contribution in [0, 0.1) is 17.1 Å². The second-order valence-electron chi connectivity index (χ2n) is 7.28. The number of carbonyl (C=O) groups excluding carboxylic acids is 1. The quantitative estimate of drug-likeness (QED) is 0.601. The summed E-state index contributed by atoms with van der Waals surface area (Å²) in [5.74, 6) is -0.463. The van der Waals surface area contributed by atoms with E-state index in [0.717, 1.165) is 21.9 Å². The summed E-state index contributed by atoms with van der Waals surface area (Å²) in [5.41, 5.74) is 0.868. The molecule has 1 aliphatic heterocycles. The van der Waals surface area contributed by atoms with Crippen LogP contribution in [0.25, 0.3) is 0 Å². The van der Waals surface area contributed by atoms with Gasteiger partial charge in [0.2, 0.25) is 0 Å². The molecule has 0 saturated heterocycles. The van der Waals surface area contributed by atoms with Crippen molar-refractivity contribution >= 4 is 23.5 Å². The summed E-state index contributed by atoms with van der Waals surface area (Å²) in [7, 11) is 1.54. The molecule has 0 bridgehead atoms. The van der Waals surface area contributed by atoms with E-state index >= 15 is 0 Å². The van der Waals surface area contributed by atoms with Crippen molar-refractivity contribution in [2.24, 2.45) is 7.05 Å². The van der Waals surface area contributed by atoms with Gasteiger partial charge in [-0.3, -0.25) is 18.7 Å². The average molecular weight is 463 g/mol. The van der Waals surface area contributed by atoms with Gasteiger partial charge < -0.3 is 10.6 Å². The number of halogens is 1. The van der Waals surface area contributed by atoms with Crippen LogP contribution in [0.4, 0.5) is 10.2 Å². The largest absolute Gasteiger partial charge is 0.347 e.